The lowest BCUT2D eigenvalue weighted by molar-refractivity contribution is -0.132. The first-order valence-corrected chi connectivity index (χ1v) is 10.8. The molecular weight excluding hydrogens is 451 g/mol. The molecule has 1 saturated heterocycles. The number of aliphatic hydroxyl groups excluding tert-OH is 1. The lowest BCUT2D eigenvalue weighted by Gasteiger charge is -2.23. The molecule has 1 unspecified atom stereocenters. The maximum absolute atomic E-state index is 13.6. The van der Waals surface area contributed by atoms with E-state index in [0.717, 1.165) is 4.70 Å². The molecule has 0 saturated carbocycles. The number of anilines is 1. The van der Waals surface area contributed by atoms with Gasteiger partial charge >= 0.3 is 5.91 Å². The van der Waals surface area contributed by atoms with Crippen molar-refractivity contribution in [3.63, 3.8) is 0 Å². The fourth-order valence-corrected chi connectivity index (χ4v) is 4.83. The Balaban J connectivity index is 1.73. The zero-order valence-corrected chi connectivity index (χ0v) is 17.9. The monoisotopic (exact) mass is 464 g/mol. The fourth-order valence-electron chi connectivity index (χ4n) is 3.72. The third-order valence-corrected chi connectivity index (χ3v) is 6.52. The summed E-state index contributed by atoms with van der Waals surface area (Å²) in [5, 5.41) is 11.8. The number of para-hydroxylation sites is 1. The number of thiazole rings is 1. The molecule has 1 N–H and O–H groups in total. The van der Waals surface area contributed by atoms with Crippen molar-refractivity contribution in [1.82, 2.24) is 4.98 Å². The second-order valence-electron chi connectivity index (χ2n) is 7.19. The summed E-state index contributed by atoms with van der Waals surface area (Å²) in [6, 6.07) is 18.1. The molecule has 1 amide bonds. The zero-order chi connectivity index (χ0) is 22.4. The van der Waals surface area contributed by atoms with Gasteiger partial charge in [-0.3, -0.25) is 14.5 Å². The highest BCUT2D eigenvalue weighted by molar-refractivity contribution is 7.22. The molecule has 0 bridgehead atoms. The van der Waals surface area contributed by atoms with E-state index in [4.69, 9.17) is 11.6 Å². The Kier molecular flexibility index (Phi) is 5.00. The van der Waals surface area contributed by atoms with Gasteiger partial charge in [-0.1, -0.05) is 47.2 Å². The number of hydrogen-bond donors (Lipinski definition) is 1. The fraction of sp³-hybridized carbons (Fsp3) is 0.0417. The standard InChI is InChI=1S/C24H14ClFN2O3S/c25-15-9-5-14(6-10-15)21(29)19-20(13-7-11-16(26)12-8-13)28(23(31)22(19)30)24-27-17-3-1-2-4-18(17)32-24/h1-12,20,29H. The third-order valence-electron chi connectivity index (χ3n) is 5.24. The Bertz CT molecular complexity index is 1360. The van der Waals surface area contributed by atoms with E-state index in [0.29, 0.717) is 26.8 Å². The molecule has 0 radical (unpaired) electrons. The van der Waals surface area contributed by atoms with E-state index < -0.39 is 23.5 Å². The van der Waals surface area contributed by atoms with Crippen LogP contribution in [0.5, 0.6) is 0 Å². The van der Waals surface area contributed by atoms with Crippen LogP contribution in [0, 0.1) is 5.82 Å². The molecule has 1 aliphatic heterocycles. The summed E-state index contributed by atoms with van der Waals surface area (Å²) >= 11 is 7.20. The van der Waals surface area contributed by atoms with Crippen molar-refractivity contribution in [2.45, 2.75) is 6.04 Å². The number of hydrogen-bond acceptors (Lipinski definition) is 5. The molecule has 3 aromatic carbocycles. The normalized spacial score (nSPS) is 17.9. The summed E-state index contributed by atoms with van der Waals surface area (Å²) in [6.45, 7) is 0. The van der Waals surface area contributed by atoms with Crippen LogP contribution in [-0.2, 0) is 9.59 Å². The van der Waals surface area contributed by atoms with Crippen LogP contribution in [0.2, 0.25) is 5.02 Å². The minimum absolute atomic E-state index is 0.0943. The van der Waals surface area contributed by atoms with Gasteiger partial charge in [-0.2, -0.15) is 0 Å². The lowest BCUT2D eigenvalue weighted by atomic mass is 9.95. The molecule has 158 valence electrons. The molecule has 0 aliphatic carbocycles. The largest absolute Gasteiger partial charge is 0.507 e. The summed E-state index contributed by atoms with van der Waals surface area (Å²) in [7, 11) is 0. The molecule has 32 heavy (non-hydrogen) atoms. The van der Waals surface area contributed by atoms with Crippen LogP contribution in [0.3, 0.4) is 0 Å². The van der Waals surface area contributed by atoms with Crippen LogP contribution in [0.15, 0.2) is 78.4 Å². The van der Waals surface area contributed by atoms with Crippen molar-refractivity contribution < 1.29 is 19.1 Å². The van der Waals surface area contributed by atoms with Crippen molar-refractivity contribution in [2.24, 2.45) is 0 Å². The van der Waals surface area contributed by atoms with Crippen LogP contribution in [0.1, 0.15) is 17.2 Å². The minimum Gasteiger partial charge on any atom is -0.507 e. The summed E-state index contributed by atoms with van der Waals surface area (Å²) in [5.74, 6) is -2.44. The van der Waals surface area contributed by atoms with E-state index in [-0.39, 0.29) is 11.3 Å². The Hall–Kier alpha value is -3.55. The Morgan fingerprint density at radius 3 is 2.38 bits per heavy atom. The Labute approximate surface area is 191 Å². The minimum atomic E-state index is -0.966. The van der Waals surface area contributed by atoms with Gasteiger partial charge in [0.1, 0.15) is 11.6 Å². The summed E-state index contributed by atoms with van der Waals surface area (Å²) in [6.07, 6.45) is 0. The Morgan fingerprint density at radius 2 is 1.69 bits per heavy atom. The molecule has 1 aromatic heterocycles. The van der Waals surface area contributed by atoms with Crippen molar-refractivity contribution in [3.05, 3.63) is 100 Å². The topological polar surface area (TPSA) is 70.5 Å². The molecule has 8 heteroatoms. The second-order valence-corrected chi connectivity index (χ2v) is 8.64. The van der Waals surface area contributed by atoms with Crippen LogP contribution in [0.25, 0.3) is 16.0 Å². The number of carbonyl (C=O) groups is 2. The molecule has 5 rings (SSSR count). The summed E-state index contributed by atoms with van der Waals surface area (Å²) < 4.78 is 14.5. The Morgan fingerprint density at radius 1 is 1.00 bits per heavy atom. The van der Waals surface area contributed by atoms with Crippen molar-refractivity contribution in [3.8, 4) is 0 Å². The number of benzene rings is 3. The van der Waals surface area contributed by atoms with Crippen molar-refractivity contribution in [1.29, 1.82) is 0 Å². The predicted molar refractivity (Wildman–Crippen MR) is 122 cm³/mol. The van der Waals surface area contributed by atoms with Crippen LogP contribution in [-0.4, -0.2) is 21.8 Å². The van der Waals surface area contributed by atoms with Gasteiger partial charge in [0, 0.05) is 10.6 Å². The highest BCUT2D eigenvalue weighted by atomic mass is 35.5. The molecule has 2 heterocycles. The molecule has 4 aromatic rings. The van der Waals surface area contributed by atoms with Crippen LogP contribution >= 0.6 is 22.9 Å². The highest BCUT2D eigenvalue weighted by Crippen LogP contribution is 2.44. The first kappa shape index (κ1) is 20.4. The van der Waals surface area contributed by atoms with E-state index in [2.05, 4.69) is 4.98 Å². The van der Waals surface area contributed by atoms with Gasteiger partial charge in [-0.15, -0.1) is 0 Å². The van der Waals surface area contributed by atoms with Gasteiger partial charge < -0.3 is 5.11 Å². The number of fused-ring (bicyclic) bond motifs is 1. The first-order valence-electron chi connectivity index (χ1n) is 9.62. The number of nitrogens with zero attached hydrogens (tertiary/aromatic N) is 2. The van der Waals surface area contributed by atoms with Gasteiger partial charge in [0.25, 0.3) is 5.78 Å². The SMILES string of the molecule is O=C1C(=O)N(c2nc3ccccc3s2)C(c2ccc(F)cc2)C1=C(O)c1ccc(Cl)cc1. The van der Waals surface area contributed by atoms with E-state index in [1.54, 1.807) is 24.3 Å². The van der Waals surface area contributed by atoms with Gasteiger partial charge in [-0.05, 0) is 54.1 Å². The van der Waals surface area contributed by atoms with Crippen LogP contribution in [0.4, 0.5) is 9.52 Å². The number of aliphatic hydroxyl groups is 1. The highest BCUT2D eigenvalue weighted by Gasteiger charge is 2.48. The first-order chi connectivity index (χ1) is 15.4. The predicted octanol–water partition coefficient (Wildman–Crippen LogP) is 5.72. The summed E-state index contributed by atoms with van der Waals surface area (Å²) in [4.78, 5) is 32.0. The van der Waals surface area contributed by atoms with E-state index >= 15 is 0 Å². The molecule has 1 aliphatic rings. The van der Waals surface area contributed by atoms with Gasteiger partial charge in [0.2, 0.25) is 0 Å². The summed E-state index contributed by atoms with van der Waals surface area (Å²) in [5.41, 5.74) is 1.40. The smallest absolute Gasteiger partial charge is 0.301 e. The maximum atomic E-state index is 13.6. The molecular formula is C24H14ClFN2O3S. The second kappa shape index (κ2) is 7.85. The van der Waals surface area contributed by atoms with E-state index in [9.17, 15) is 19.1 Å². The molecule has 1 fully saturated rings. The van der Waals surface area contributed by atoms with Crippen LogP contribution < -0.4 is 4.90 Å². The number of rotatable bonds is 3. The maximum Gasteiger partial charge on any atom is 0.301 e. The molecule has 0 spiro atoms. The lowest BCUT2D eigenvalue weighted by Crippen LogP contribution is -2.29. The molecule has 1 atom stereocenters. The quantitative estimate of drug-likeness (QED) is 0.239. The number of ketones is 1. The average molecular weight is 465 g/mol. The number of halogens is 2. The third kappa shape index (κ3) is 3.36. The van der Waals surface area contributed by atoms with E-state index in [1.165, 1.54) is 40.5 Å². The number of Topliss-reactive ketones (excluding diaryl/α,β-unsaturated/α-hetero) is 1. The number of amides is 1. The zero-order valence-electron chi connectivity index (χ0n) is 16.3. The number of carbonyl (C=O) groups excluding carboxylic acids is 2. The van der Waals surface area contributed by atoms with Gasteiger partial charge in [0.15, 0.2) is 5.13 Å². The number of aromatic nitrogens is 1. The van der Waals surface area contributed by atoms with Gasteiger partial charge in [0.05, 0.1) is 21.8 Å². The average Bonchev–Trinajstić information content (AvgIpc) is 3.33. The van der Waals surface area contributed by atoms with E-state index in [1.807, 2.05) is 24.3 Å². The molecule has 5 nitrogen and oxygen atoms in total. The van der Waals surface area contributed by atoms with Gasteiger partial charge in [-0.25, -0.2) is 9.37 Å². The van der Waals surface area contributed by atoms with Crippen molar-refractivity contribution in [2.75, 3.05) is 4.90 Å². The van der Waals surface area contributed by atoms with Crippen molar-refractivity contribution >= 4 is 55.7 Å².